The summed E-state index contributed by atoms with van der Waals surface area (Å²) in [7, 11) is 0. The summed E-state index contributed by atoms with van der Waals surface area (Å²) in [5, 5.41) is 1.85. The van der Waals surface area contributed by atoms with Crippen LogP contribution in [-0.2, 0) is 4.79 Å². The first-order chi connectivity index (χ1) is 13.1. The number of nitrogens with zero attached hydrogens (tertiary/aromatic N) is 3. The molecule has 0 bridgehead atoms. The molecule has 1 aromatic carbocycles. The molecule has 3 rings (SSSR count). The third kappa shape index (κ3) is 3.68. The normalized spacial score (nSPS) is 17.6. The van der Waals surface area contributed by atoms with Crippen molar-refractivity contribution in [3.8, 4) is 0 Å². The van der Waals surface area contributed by atoms with Crippen molar-refractivity contribution in [1.82, 2.24) is 10.4 Å². The van der Waals surface area contributed by atoms with E-state index in [1.54, 1.807) is 6.20 Å². The van der Waals surface area contributed by atoms with Crippen LogP contribution in [0.3, 0.4) is 0 Å². The highest BCUT2D eigenvalue weighted by molar-refractivity contribution is 5.73. The Bertz CT molecular complexity index is 797. The number of hydrazine groups is 1. The molecule has 5 nitrogen and oxygen atoms in total. The predicted molar refractivity (Wildman–Crippen MR) is 111 cm³/mol. The Morgan fingerprint density at radius 3 is 2.44 bits per heavy atom. The van der Waals surface area contributed by atoms with Crippen LogP contribution in [0.2, 0.25) is 0 Å². The first-order valence-corrected chi connectivity index (χ1v) is 9.58. The topological polar surface area (TPSA) is 48.5 Å². The van der Waals surface area contributed by atoms with Crippen LogP contribution in [0, 0.1) is 0 Å². The van der Waals surface area contributed by atoms with Crippen LogP contribution in [0.4, 0.5) is 11.5 Å². The van der Waals surface area contributed by atoms with Crippen molar-refractivity contribution in [3.05, 3.63) is 65.5 Å². The maximum atomic E-state index is 12.0. The van der Waals surface area contributed by atoms with Crippen molar-refractivity contribution in [3.63, 3.8) is 0 Å². The smallest absolute Gasteiger partial charge is 0.148 e. The van der Waals surface area contributed by atoms with E-state index < -0.39 is 0 Å². The number of rotatable bonds is 7. The van der Waals surface area contributed by atoms with E-state index in [9.17, 15) is 4.79 Å². The van der Waals surface area contributed by atoms with Crippen molar-refractivity contribution >= 4 is 17.8 Å². The Hall–Kier alpha value is -2.82. The van der Waals surface area contributed by atoms with Crippen LogP contribution >= 0.6 is 0 Å². The highest BCUT2D eigenvalue weighted by Gasteiger charge is 2.34. The van der Waals surface area contributed by atoms with Crippen molar-refractivity contribution in [2.75, 3.05) is 23.0 Å². The van der Waals surface area contributed by atoms with E-state index in [4.69, 9.17) is 0 Å². The van der Waals surface area contributed by atoms with Gasteiger partial charge in [-0.3, -0.25) is 5.01 Å². The van der Waals surface area contributed by atoms with Crippen LogP contribution in [-0.4, -0.2) is 30.4 Å². The van der Waals surface area contributed by atoms with Gasteiger partial charge in [0.25, 0.3) is 0 Å². The molecule has 1 aliphatic heterocycles. The summed E-state index contributed by atoms with van der Waals surface area (Å²) >= 11 is 0. The molecule has 2 unspecified atom stereocenters. The monoisotopic (exact) mass is 364 g/mol. The summed E-state index contributed by atoms with van der Waals surface area (Å²) in [6.45, 7) is 10.5. The number of nitrogens with one attached hydrogen (secondary N) is 1. The first kappa shape index (κ1) is 19.0. The molecular formula is C22H28N4O. The summed E-state index contributed by atoms with van der Waals surface area (Å²) in [4.78, 5) is 18.7. The van der Waals surface area contributed by atoms with Crippen LogP contribution < -0.4 is 15.3 Å². The lowest BCUT2D eigenvalue weighted by Crippen LogP contribution is -2.41. The van der Waals surface area contributed by atoms with Gasteiger partial charge in [0.1, 0.15) is 18.1 Å². The third-order valence-corrected chi connectivity index (χ3v) is 5.33. The van der Waals surface area contributed by atoms with Crippen LogP contribution in [0.1, 0.15) is 39.2 Å². The minimum absolute atomic E-state index is 0.132. The molecule has 5 heteroatoms. The third-order valence-electron chi connectivity index (χ3n) is 5.33. The van der Waals surface area contributed by atoms with Gasteiger partial charge in [-0.1, -0.05) is 25.1 Å². The molecule has 2 aromatic rings. The zero-order valence-corrected chi connectivity index (χ0v) is 16.5. The molecule has 0 spiro atoms. The number of hydrogen-bond donors (Lipinski definition) is 1. The lowest BCUT2D eigenvalue weighted by Gasteiger charge is -2.26. The molecule has 0 saturated carbocycles. The van der Waals surface area contributed by atoms with Crippen LogP contribution in [0.15, 0.2) is 59.9 Å². The van der Waals surface area contributed by atoms with Crippen molar-refractivity contribution in [1.29, 1.82) is 0 Å². The van der Waals surface area contributed by atoms with E-state index in [2.05, 4.69) is 60.3 Å². The lowest BCUT2D eigenvalue weighted by atomic mass is 9.88. The van der Waals surface area contributed by atoms with E-state index in [-0.39, 0.29) is 12.0 Å². The fourth-order valence-corrected chi connectivity index (χ4v) is 3.83. The summed E-state index contributed by atoms with van der Waals surface area (Å²) < 4.78 is 0. The van der Waals surface area contributed by atoms with E-state index in [0.29, 0.717) is 0 Å². The van der Waals surface area contributed by atoms with Crippen molar-refractivity contribution < 1.29 is 4.79 Å². The number of aldehydes is 1. The number of allylic oxidation sites excluding steroid dienone is 1. The highest BCUT2D eigenvalue weighted by Crippen LogP contribution is 2.35. The number of benzene rings is 1. The minimum atomic E-state index is -0.364. The number of anilines is 2. The van der Waals surface area contributed by atoms with Gasteiger partial charge >= 0.3 is 0 Å². The number of aromatic nitrogens is 1. The maximum Gasteiger partial charge on any atom is 0.148 e. The molecule has 0 saturated heterocycles. The van der Waals surface area contributed by atoms with Gasteiger partial charge in [-0.15, -0.1) is 0 Å². The Morgan fingerprint density at radius 2 is 1.89 bits per heavy atom. The van der Waals surface area contributed by atoms with E-state index >= 15 is 0 Å². The van der Waals surface area contributed by atoms with Gasteiger partial charge < -0.3 is 15.1 Å². The van der Waals surface area contributed by atoms with Gasteiger partial charge in [0.2, 0.25) is 0 Å². The Labute approximate surface area is 161 Å². The molecular weight excluding hydrogens is 336 g/mol. The Kier molecular flexibility index (Phi) is 5.79. The van der Waals surface area contributed by atoms with Crippen LogP contribution in [0.25, 0.3) is 0 Å². The van der Waals surface area contributed by atoms with Crippen molar-refractivity contribution in [2.45, 2.75) is 39.7 Å². The number of carbonyl (C=O) groups excluding carboxylic acids is 1. The summed E-state index contributed by atoms with van der Waals surface area (Å²) in [5.74, 6) is 0.875. The fraction of sp³-hybridized carbons (Fsp3) is 0.364. The van der Waals surface area contributed by atoms with E-state index in [1.165, 1.54) is 11.3 Å². The van der Waals surface area contributed by atoms with Gasteiger partial charge in [0.15, 0.2) is 0 Å². The number of hydrogen-bond acceptors (Lipinski definition) is 5. The largest absolute Gasteiger partial charge is 0.372 e. The molecule has 2 heterocycles. The van der Waals surface area contributed by atoms with E-state index in [0.717, 1.165) is 36.5 Å². The molecule has 1 aliphatic rings. The zero-order chi connectivity index (χ0) is 19.4. The Morgan fingerprint density at radius 1 is 1.19 bits per heavy atom. The quantitative estimate of drug-likeness (QED) is 0.755. The second kappa shape index (κ2) is 8.25. The molecule has 1 aromatic heterocycles. The SMILES string of the molecule is CCN(CC)c1ccc(C(C)C2=C(C)NN(c3ccccn3)C2C=O)cc1. The second-order valence-electron chi connectivity index (χ2n) is 6.82. The van der Waals surface area contributed by atoms with Crippen LogP contribution in [0.5, 0.6) is 0 Å². The standard InChI is InChI=1S/C22H28N4O/c1-5-25(6-2)19-12-10-18(11-13-19)16(3)22-17(4)24-26(20(22)15-27)21-9-7-8-14-23-21/h7-16,20,24H,5-6H2,1-4H3. The fourth-order valence-electron chi connectivity index (χ4n) is 3.83. The van der Waals surface area contributed by atoms with Gasteiger partial charge in [-0.2, -0.15) is 0 Å². The van der Waals surface area contributed by atoms with Gasteiger partial charge in [0.05, 0.1) is 0 Å². The zero-order valence-electron chi connectivity index (χ0n) is 16.5. The lowest BCUT2D eigenvalue weighted by molar-refractivity contribution is -0.108. The Balaban J connectivity index is 1.86. The molecule has 0 amide bonds. The summed E-state index contributed by atoms with van der Waals surface area (Å²) in [5.41, 5.74) is 7.87. The summed E-state index contributed by atoms with van der Waals surface area (Å²) in [6.07, 6.45) is 2.73. The number of carbonyl (C=O) groups is 1. The van der Waals surface area contributed by atoms with Crippen molar-refractivity contribution in [2.24, 2.45) is 0 Å². The molecule has 0 fully saturated rings. The summed E-state index contributed by atoms with van der Waals surface area (Å²) in [6, 6.07) is 14.0. The number of pyridine rings is 1. The molecule has 27 heavy (non-hydrogen) atoms. The highest BCUT2D eigenvalue weighted by atomic mass is 16.1. The molecule has 1 N–H and O–H groups in total. The average molecular weight is 364 g/mol. The minimum Gasteiger partial charge on any atom is -0.372 e. The van der Waals surface area contributed by atoms with Gasteiger partial charge in [-0.25, -0.2) is 4.98 Å². The second-order valence-corrected chi connectivity index (χ2v) is 6.82. The molecule has 2 atom stereocenters. The molecule has 142 valence electrons. The predicted octanol–water partition coefficient (Wildman–Crippen LogP) is 3.90. The first-order valence-electron chi connectivity index (χ1n) is 9.58. The average Bonchev–Trinajstić information content (AvgIpc) is 3.06. The van der Waals surface area contributed by atoms with Gasteiger partial charge in [-0.05, 0) is 56.2 Å². The van der Waals surface area contributed by atoms with Gasteiger partial charge in [0, 0.05) is 36.6 Å². The molecule has 0 radical (unpaired) electrons. The molecule has 0 aliphatic carbocycles. The maximum absolute atomic E-state index is 12.0. The van der Waals surface area contributed by atoms with E-state index in [1.807, 2.05) is 30.1 Å².